The first-order valence-electron chi connectivity index (χ1n) is 8.81. The number of hydrogen-bond acceptors (Lipinski definition) is 4. The summed E-state index contributed by atoms with van der Waals surface area (Å²) in [6.45, 7) is 1.72. The predicted octanol–water partition coefficient (Wildman–Crippen LogP) is 3.04. The molecule has 1 amide bonds. The number of anilines is 1. The number of rotatable bonds is 2. The number of fused-ring (bicyclic) bond motifs is 1. The highest BCUT2D eigenvalue weighted by molar-refractivity contribution is 7.91. The number of aromatic nitrogens is 2. The number of carbonyl (C=O) groups is 1. The number of alkyl halides is 3. The fourth-order valence-corrected chi connectivity index (χ4v) is 5.71. The van der Waals surface area contributed by atoms with Crippen molar-refractivity contribution in [3.8, 4) is 0 Å². The van der Waals surface area contributed by atoms with Crippen molar-refractivity contribution in [1.82, 2.24) is 9.78 Å². The third-order valence-corrected chi connectivity index (χ3v) is 7.05. The highest BCUT2D eigenvalue weighted by atomic mass is 32.2. The molecule has 0 saturated carbocycles. The van der Waals surface area contributed by atoms with E-state index >= 15 is 0 Å². The summed E-state index contributed by atoms with van der Waals surface area (Å²) >= 11 is 0. The Balaban J connectivity index is 1.79. The maximum atomic E-state index is 13.1. The summed E-state index contributed by atoms with van der Waals surface area (Å²) in [4.78, 5) is 12.3. The summed E-state index contributed by atoms with van der Waals surface area (Å²) in [6.07, 6.45) is -4.09. The zero-order chi connectivity index (χ0) is 20.3. The molecule has 0 spiro atoms. The van der Waals surface area contributed by atoms with Gasteiger partial charge in [0.15, 0.2) is 9.84 Å². The molecular formula is C18H18F3N3O3S. The minimum Gasteiger partial charge on any atom is -0.311 e. The van der Waals surface area contributed by atoms with E-state index in [1.165, 1.54) is 10.7 Å². The summed E-state index contributed by atoms with van der Waals surface area (Å²) < 4.78 is 64.5. The largest absolute Gasteiger partial charge is 0.416 e. The lowest BCUT2D eigenvalue weighted by molar-refractivity contribution is -0.137. The van der Waals surface area contributed by atoms with E-state index in [0.717, 1.165) is 12.1 Å². The second-order valence-electron chi connectivity index (χ2n) is 7.28. The van der Waals surface area contributed by atoms with Crippen molar-refractivity contribution < 1.29 is 26.4 Å². The number of hydrogen-bond donors (Lipinski definition) is 1. The van der Waals surface area contributed by atoms with Crippen LogP contribution in [0.4, 0.5) is 19.0 Å². The Labute approximate surface area is 159 Å². The average molecular weight is 413 g/mol. The fraction of sp³-hybridized carbons (Fsp3) is 0.444. The molecule has 0 radical (unpaired) electrons. The van der Waals surface area contributed by atoms with Crippen LogP contribution in [0.5, 0.6) is 0 Å². The number of sulfone groups is 1. The van der Waals surface area contributed by atoms with Crippen molar-refractivity contribution in [3.05, 3.63) is 46.6 Å². The molecule has 2 aliphatic heterocycles. The van der Waals surface area contributed by atoms with Gasteiger partial charge in [0.1, 0.15) is 5.82 Å². The summed E-state index contributed by atoms with van der Waals surface area (Å²) in [5.41, 5.74) is 0.821. The van der Waals surface area contributed by atoms with E-state index in [4.69, 9.17) is 0 Å². The normalized spacial score (nSPS) is 24.1. The van der Waals surface area contributed by atoms with Crippen molar-refractivity contribution in [2.45, 2.75) is 37.9 Å². The quantitative estimate of drug-likeness (QED) is 0.821. The van der Waals surface area contributed by atoms with Gasteiger partial charge in [-0.3, -0.25) is 4.79 Å². The zero-order valence-corrected chi connectivity index (χ0v) is 15.8. The van der Waals surface area contributed by atoms with E-state index in [0.29, 0.717) is 29.1 Å². The first-order valence-corrected chi connectivity index (χ1v) is 10.6. The van der Waals surface area contributed by atoms with Crippen LogP contribution in [0.3, 0.4) is 0 Å². The van der Waals surface area contributed by atoms with Crippen molar-refractivity contribution >= 4 is 21.6 Å². The summed E-state index contributed by atoms with van der Waals surface area (Å²) in [7, 11) is -3.16. The van der Waals surface area contributed by atoms with Crippen LogP contribution in [0, 0.1) is 6.92 Å². The van der Waals surface area contributed by atoms with E-state index in [1.807, 2.05) is 0 Å². The number of benzene rings is 1. The second-order valence-corrected chi connectivity index (χ2v) is 9.51. The standard InChI is InChI=1S/C18H18F3N3O3S/c1-10-16-14(11-3-2-4-12(7-11)18(19,20)21)8-15(25)22-17(16)24(23-10)13-5-6-28(26,27)9-13/h2-4,7,13-14H,5-6,8-9H2,1H3,(H,22,25)/t13-,14+/m1/s1. The first kappa shape index (κ1) is 19.0. The highest BCUT2D eigenvalue weighted by Gasteiger charge is 2.38. The number of nitrogens with one attached hydrogen (secondary N) is 1. The molecule has 1 saturated heterocycles. The third kappa shape index (κ3) is 3.30. The predicted molar refractivity (Wildman–Crippen MR) is 95.8 cm³/mol. The molecule has 2 aliphatic rings. The second kappa shape index (κ2) is 6.33. The van der Waals surface area contributed by atoms with Crippen LogP contribution in [-0.2, 0) is 20.8 Å². The van der Waals surface area contributed by atoms with Gasteiger partial charge in [0.05, 0.1) is 28.8 Å². The van der Waals surface area contributed by atoms with Gasteiger partial charge in [-0.05, 0) is 25.0 Å². The number of amides is 1. The van der Waals surface area contributed by atoms with E-state index < -0.39 is 33.5 Å². The molecule has 6 nitrogen and oxygen atoms in total. The van der Waals surface area contributed by atoms with Crippen molar-refractivity contribution in [3.63, 3.8) is 0 Å². The Kier molecular flexibility index (Phi) is 4.29. The number of nitrogens with zero attached hydrogens (tertiary/aromatic N) is 2. The number of aryl methyl sites for hydroxylation is 1. The Morgan fingerprint density at radius 3 is 2.68 bits per heavy atom. The molecule has 2 aromatic rings. The molecule has 4 rings (SSSR count). The lowest BCUT2D eigenvalue weighted by Gasteiger charge is -2.26. The molecule has 2 atom stereocenters. The molecule has 1 fully saturated rings. The maximum Gasteiger partial charge on any atom is 0.416 e. The highest BCUT2D eigenvalue weighted by Crippen LogP contribution is 2.42. The monoisotopic (exact) mass is 413 g/mol. The molecule has 1 aromatic heterocycles. The van der Waals surface area contributed by atoms with Gasteiger partial charge < -0.3 is 5.32 Å². The SMILES string of the molecule is Cc1nn([C@@H]2CCS(=O)(=O)C2)c2c1[C@H](c1cccc(C(F)(F)F)c1)CC(=O)N2. The zero-order valence-electron chi connectivity index (χ0n) is 15.0. The topological polar surface area (TPSA) is 81.1 Å². The number of halogens is 3. The molecule has 1 N–H and O–H groups in total. The van der Waals surface area contributed by atoms with E-state index in [2.05, 4.69) is 10.4 Å². The Hall–Kier alpha value is -2.36. The van der Waals surface area contributed by atoms with Crippen LogP contribution >= 0.6 is 0 Å². The van der Waals surface area contributed by atoms with E-state index in [-0.39, 0.29) is 23.8 Å². The minimum atomic E-state index is -4.48. The smallest absolute Gasteiger partial charge is 0.311 e. The maximum absolute atomic E-state index is 13.1. The molecule has 0 bridgehead atoms. The number of carbonyl (C=O) groups excluding carboxylic acids is 1. The van der Waals surface area contributed by atoms with Gasteiger partial charge >= 0.3 is 6.18 Å². The van der Waals surface area contributed by atoms with Gasteiger partial charge in [-0.15, -0.1) is 0 Å². The molecule has 10 heteroatoms. The minimum absolute atomic E-state index is 0.00378. The van der Waals surface area contributed by atoms with E-state index in [9.17, 15) is 26.4 Å². The van der Waals surface area contributed by atoms with Crippen LogP contribution in [0.1, 0.15) is 47.2 Å². The Bertz CT molecular complexity index is 1060. The van der Waals surface area contributed by atoms with Crippen molar-refractivity contribution in [2.75, 3.05) is 16.8 Å². The van der Waals surface area contributed by atoms with Gasteiger partial charge in [0, 0.05) is 17.9 Å². The Morgan fingerprint density at radius 2 is 2.04 bits per heavy atom. The molecule has 1 aromatic carbocycles. The average Bonchev–Trinajstić information content (AvgIpc) is 3.13. The lowest BCUT2D eigenvalue weighted by Crippen LogP contribution is -2.26. The van der Waals surface area contributed by atoms with Crippen LogP contribution in [0.25, 0.3) is 0 Å². The fourth-order valence-electron chi connectivity index (χ4n) is 4.02. The van der Waals surface area contributed by atoms with Crippen LogP contribution in [0.15, 0.2) is 24.3 Å². The summed E-state index contributed by atoms with van der Waals surface area (Å²) in [5, 5.41) is 7.18. The Morgan fingerprint density at radius 1 is 1.29 bits per heavy atom. The van der Waals surface area contributed by atoms with Gasteiger partial charge in [0.2, 0.25) is 5.91 Å². The van der Waals surface area contributed by atoms with Gasteiger partial charge in [-0.1, -0.05) is 18.2 Å². The van der Waals surface area contributed by atoms with Gasteiger partial charge in [0.25, 0.3) is 0 Å². The molecule has 0 unspecified atom stereocenters. The van der Waals surface area contributed by atoms with Gasteiger partial charge in [-0.25, -0.2) is 13.1 Å². The van der Waals surface area contributed by atoms with Gasteiger partial charge in [-0.2, -0.15) is 18.3 Å². The third-order valence-electron chi connectivity index (χ3n) is 5.30. The van der Waals surface area contributed by atoms with Crippen molar-refractivity contribution in [2.24, 2.45) is 0 Å². The molecule has 28 heavy (non-hydrogen) atoms. The van der Waals surface area contributed by atoms with Crippen LogP contribution in [-0.4, -0.2) is 35.6 Å². The molecule has 3 heterocycles. The first-order chi connectivity index (χ1) is 13.0. The van der Waals surface area contributed by atoms with E-state index in [1.54, 1.807) is 13.0 Å². The summed E-state index contributed by atoms with van der Waals surface area (Å²) in [6, 6.07) is 4.55. The van der Waals surface area contributed by atoms with Crippen LogP contribution < -0.4 is 5.32 Å². The molecule has 150 valence electrons. The molecule has 0 aliphatic carbocycles. The van der Waals surface area contributed by atoms with Crippen LogP contribution in [0.2, 0.25) is 0 Å². The summed E-state index contributed by atoms with van der Waals surface area (Å²) in [5.74, 6) is -0.533. The molecular weight excluding hydrogens is 395 g/mol. The lowest BCUT2D eigenvalue weighted by atomic mass is 9.85. The van der Waals surface area contributed by atoms with Crippen molar-refractivity contribution in [1.29, 1.82) is 0 Å².